The van der Waals surface area contributed by atoms with E-state index >= 15 is 0 Å². The first-order valence-electron chi connectivity index (χ1n) is 5.22. The molecule has 0 bridgehead atoms. The van der Waals surface area contributed by atoms with Crippen LogP contribution in [0.5, 0.6) is 0 Å². The largest absolute Gasteiger partial charge is 0.358 e. The van der Waals surface area contributed by atoms with Crippen LogP contribution in [0.2, 0.25) is 0 Å². The SMILES string of the molecule is Cn1c(C(=O)Nc2ncccc2Br)ccc1[N+](=O)[O-]. The van der Waals surface area contributed by atoms with Gasteiger partial charge in [-0.25, -0.2) is 9.55 Å². The fourth-order valence-corrected chi connectivity index (χ4v) is 1.92. The number of amides is 1. The van der Waals surface area contributed by atoms with Crippen LogP contribution in [-0.4, -0.2) is 20.4 Å². The summed E-state index contributed by atoms with van der Waals surface area (Å²) in [4.78, 5) is 26.2. The maximum absolute atomic E-state index is 12.0. The van der Waals surface area contributed by atoms with E-state index in [0.717, 1.165) is 0 Å². The zero-order chi connectivity index (χ0) is 14.0. The second-order valence-electron chi connectivity index (χ2n) is 3.68. The maximum Gasteiger partial charge on any atom is 0.323 e. The quantitative estimate of drug-likeness (QED) is 0.693. The Morgan fingerprint density at radius 1 is 1.47 bits per heavy atom. The molecule has 0 saturated carbocycles. The zero-order valence-electron chi connectivity index (χ0n) is 9.83. The Bertz CT molecular complexity index is 653. The molecule has 0 aliphatic heterocycles. The highest BCUT2D eigenvalue weighted by molar-refractivity contribution is 9.10. The first kappa shape index (κ1) is 13.2. The third-order valence-corrected chi connectivity index (χ3v) is 3.15. The summed E-state index contributed by atoms with van der Waals surface area (Å²) in [7, 11) is 1.46. The van der Waals surface area contributed by atoms with Gasteiger partial charge in [-0.3, -0.25) is 4.79 Å². The summed E-state index contributed by atoms with van der Waals surface area (Å²) < 4.78 is 1.85. The Morgan fingerprint density at radius 3 is 2.79 bits per heavy atom. The average Bonchev–Trinajstić information content (AvgIpc) is 2.74. The lowest BCUT2D eigenvalue weighted by Crippen LogP contribution is -2.17. The fourth-order valence-electron chi connectivity index (χ4n) is 1.56. The smallest absolute Gasteiger partial charge is 0.323 e. The topological polar surface area (TPSA) is 90.1 Å². The molecule has 0 aliphatic carbocycles. The van der Waals surface area contributed by atoms with Crippen LogP contribution in [0.15, 0.2) is 34.9 Å². The molecule has 0 unspecified atom stereocenters. The minimum absolute atomic E-state index is 0.148. The number of pyridine rings is 1. The van der Waals surface area contributed by atoms with E-state index in [1.54, 1.807) is 12.1 Å². The van der Waals surface area contributed by atoms with Gasteiger partial charge in [0.2, 0.25) is 0 Å². The summed E-state index contributed by atoms with van der Waals surface area (Å²) in [6, 6.07) is 6.12. The van der Waals surface area contributed by atoms with Gasteiger partial charge in [0.05, 0.1) is 11.5 Å². The van der Waals surface area contributed by atoms with Crippen molar-refractivity contribution in [2.24, 2.45) is 7.05 Å². The Balaban J connectivity index is 2.26. The lowest BCUT2D eigenvalue weighted by Gasteiger charge is -2.04. The molecular formula is C11H9BrN4O3. The number of rotatable bonds is 3. The molecule has 0 fully saturated rings. The number of hydrogen-bond donors (Lipinski definition) is 1. The molecule has 2 rings (SSSR count). The highest BCUT2D eigenvalue weighted by Gasteiger charge is 2.21. The zero-order valence-corrected chi connectivity index (χ0v) is 11.4. The average molecular weight is 325 g/mol. The number of halogens is 1. The van der Waals surface area contributed by atoms with E-state index in [4.69, 9.17) is 0 Å². The molecule has 0 atom stereocenters. The number of hydrogen-bond acceptors (Lipinski definition) is 4. The van der Waals surface area contributed by atoms with Gasteiger partial charge in [-0.15, -0.1) is 0 Å². The fraction of sp³-hybridized carbons (Fsp3) is 0.0909. The molecule has 2 aromatic rings. The number of carbonyl (C=O) groups is 1. The summed E-state index contributed by atoms with van der Waals surface area (Å²) in [6.45, 7) is 0. The van der Waals surface area contributed by atoms with E-state index < -0.39 is 10.8 Å². The van der Waals surface area contributed by atoms with E-state index in [1.807, 2.05) is 0 Å². The van der Waals surface area contributed by atoms with Crippen LogP contribution in [0.1, 0.15) is 10.5 Å². The number of nitrogens with one attached hydrogen (secondary N) is 1. The maximum atomic E-state index is 12.0. The predicted octanol–water partition coefficient (Wildman–Crippen LogP) is 2.34. The molecular weight excluding hydrogens is 316 g/mol. The van der Waals surface area contributed by atoms with Crippen LogP contribution in [-0.2, 0) is 7.05 Å². The number of aromatic nitrogens is 2. The third-order valence-electron chi connectivity index (χ3n) is 2.51. The summed E-state index contributed by atoms with van der Waals surface area (Å²) in [6.07, 6.45) is 1.54. The molecule has 8 heteroatoms. The molecule has 1 N–H and O–H groups in total. The second kappa shape index (κ2) is 5.19. The molecule has 0 saturated heterocycles. The molecule has 0 spiro atoms. The van der Waals surface area contributed by atoms with Crippen molar-refractivity contribution < 1.29 is 9.72 Å². The van der Waals surface area contributed by atoms with E-state index in [0.29, 0.717) is 10.3 Å². The number of nitro groups is 1. The van der Waals surface area contributed by atoms with Crippen LogP contribution in [0.25, 0.3) is 0 Å². The molecule has 98 valence electrons. The molecule has 0 aliphatic rings. The monoisotopic (exact) mass is 324 g/mol. The van der Waals surface area contributed by atoms with Crippen molar-refractivity contribution in [3.8, 4) is 0 Å². The molecule has 7 nitrogen and oxygen atoms in total. The molecule has 0 radical (unpaired) electrons. The van der Waals surface area contributed by atoms with Crippen LogP contribution >= 0.6 is 15.9 Å². The van der Waals surface area contributed by atoms with Crippen molar-refractivity contribution in [2.45, 2.75) is 0 Å². The van der Waals surface area contributed by atoms with Gasteiger partial charge >= 0.3 is 5.82 Å². The van der Waals surface area contributed by atoms with Crippen LogP contribution in [0, 0.1) is 10.1 Å². The van der Waals surface area contributed by atoms with Crippen molar-refractivity contribution in [3.63, 3.8) is 0 Å². The van der Waals surface area contributed by atoms with Crippen LogP contribution < -0.4 is 5.32 Å². The van der Waals surface area contributed by atoms with Gasteiger partial charge in [0, 0.05) is 12.3 Å². The lowest BCUT2D eigenvalue weighted by atomic mass is 10.4. The lowest BCUT2D eigenvalue weighted by molar-refractivity contribution is -0.391. The Labute approximate surface area is 116 Å². The van der Waals surface area contributed by atoms with Crippen molar-refractivity contribution >= 4 is 33.5 Å². The Morgan fingerprint density at radius 2 is 2.21 bits per heavy atom. The number of carbonyl (C=O) groups excluding carboxylic acids is 1. The van der Waals surface area contributed by atoms with Crippen molar-refractivity contribution in [1.29, 1.82) is 0 Å². The van der Waals surface area contributed by atoms with Crippen molar-refractivity contribution in [1.82, 2.24) is 9.55 Å². The van der Waals surface area contributed by atoms with Crippen molar-refractivity contribution in [2.75, 3.05) is 5.32 Å². The molecule has 2 heterocycles. The van der Waals surface area contributed by atoms with Gasteiger partial charge in [-0.2, -0.15) is 0 Å². The van der Waals surface area contributed by atoms with Gasteiger partial charge in [-0.05, 0) is 39.1 Å². The minimum Gasteiger partial charge on any atom is -0.358 e. The molecule has 1 amide bonds. The third kappa shape index (κ3) is 2.63. The Kier molecular flexibility index (Phi) is 3.61. The highest BCUT2D eigenvalue weighted by atomic mass is 79.9. The summed E-state index contributed by atoms with van der Waals surface area (Å²) >= 11 is 3.25. The standard InChI is InChI=1S/C11H9BrN4O3/c1-15-8(4-5-9(15)16(18)19)11(17)14-10-7(12)3-2-6-13-10/h2-6H,1H3,(H,13,14,17). The molecule has 19 heavy (non-hydrogen) atoms. The first-order valence-corrected chi connectivity index (χ1v) is 6.02. The van der Waals surface area contributed by atoms with E-state index in [2.05, 4.69) is 26.2 Å². The summed E-state index contributed by atoms with van der Waals surface area (Å²) in [5.74, 6) is -0.253. The normalized spacial score (nSPS) is 10.2. The molecule has 2 aromatic heterocycles. The van der Waals surface area contributed by atoms with Gasteiger partial charge in [0.15, 0.2) is 5.69 Å². The minimum atomic E-state index is -0.548. The van der Waals surface area contributed by atoms with Gasteiger partial charge in [0.25, 0.3) is 5.91 Å². The summed E-state index contributed by atoms with van der Waals surface area (Å²) in [5.41, 5.74) is 0.184. The second-order valence-corrected chi connectivity index (χ2v) is 4.54. The summed E-state index contributed by atoms with van der Waals surface area (Å²) in [5, 5.41) is 13.3. The van der Waals surface area contributed by atoms with Crippen molar-refractivity contribution in [3.05, 3.63) is 50.7 Å². The Hall–Kier alpha value is -2.22. The highest BCUT2D eigenvalue weighted by Crippen LogP contribution is 2.20. The first-order chi connectivity index (χ1) is 9.00. The van der Waals surface area contributed by atoms with Crippen LogP contribution in [0.3, 0.4) is 0 Å². The van der Waals surface area contributed by atoms with Gasteiger partial charge in [-0.1, -0.05) is 0 Å². The molecule has 0 aromatic carbocycles. The van der Waals surface area contributed by atoms with Gasteiger partial charge < -0.3 is 15.4 Å². The van der Waals surface area contributed by atoms with E-state index in [1.165, 1.54) is 29.9 Å². The van der Waals surface area contributed by atoms with Crippen LogP contribution in [0.4, 0.5) is 11.6 Å². The van der Waals surface area contributed by atoms with E-state index in [9.17, 15) is 14.9 Å². The number of anilines is 1. The predicted molar refractivity (Wildman–Crippen MR) is 72.0 cm³/mol. The van der Waals surface area contributed by atoms with E-state index in [-0.39, 0.29) is 11.5 Å². The number of nitrogens with zero attached hydrogens (tertiary/aromatic N) is 3. The van der Waals surface area contributed by atoms with Gasteiger partial charge in [0.1, 0.15) is 5.82 Å².